The molecule has 0 N–H and O–H groups in total. The van der Waals surface area contributed by atoms with Crippen molar-refractivity contribution in [1.29, 1.82) is 0 Å². The lowest BCUT2D eigenvalue weighted by Crippen LogP contribution is -2.29. The summed E-state index contributed by atoms with van der Waals surface area (Å²) in [5, 5.41) is 0. The molecule has 0 radical (unpaired) electrons. The molecular weight excluding hydrogens is 353 g/mol. The first-order valence-corrected chi connectivity index (χ1v) is 12.6. The Balaban J connectivity index is 1.46. The van der Waals surface area contributed by atoms with Gasteiger partial charge in [-0.25, -0.2) is 0 Å². The summed E-state index contributed by atoms with van der Waals surface area (Å²) in [6.07, 6.45) is 6.42. The van der Waals surface area contributed by atoms with Gasteiger partial charge in [-0.2, -0.15) is 0 Å². The molecule has 5 heteroatoms. The Morgan fingerprint density at radius 1 is 0.962 bits per heavy atom. The van der Waals surface area contributed by atoms with Gasteiger partial charge in [-0.05, 0) is 47.9 Å². The maximum Gasteiger partial charge on any atom is 0.573 e. The SMILES string of the molecule is CCC[C@H]1CC[C@H]([Si@H]2CC[C@H](c3ccc(OC(F)(F)F)cc3)CC2)CC1. The van der Waals surface area contributed by atoms with Crippen LogP contribution in [-0.4, -0.2) is 15.2 Å². The van der Waals surface area contributed by atoms with Crippen LogP contribution in [-0.2, 0) is 0 Å². The Labute approximate surface area is 156 Å². The fraction of sp³-hybridized carbons (Fsp3) is 0.714. The van der Waals surface area contributed by atoms with E-state index in [4.69, 9.17) is 0 Å². The van der Waals surface area contributed by atoms with Crippen molar-refractivity contribution >= 4 is 8.80 Å². The fourth-order valence-electron chi connectivity index (χ4n) is 5.22. The highest BCUT2D eigenvalue weighted by atomic mass is 28.3. The molecule has 1 aliphatic heterocycles. The van der Waals surface area contributed by atoms with Gasteiger partial charge in [-0.15, -0.1) is 13.2 Å². The van der Waals surface area contributed by atoms with Crippen LogP contribution in [0.4, 0.5) is 13.2 Å². The number of ether oxygens (including phenoxy) is 1. The van der Waals surface area contributed by atoms with Crippen LogP contribution in [0.5, 0.6) is 5.75 Å². The molecule has 0 atom stereocenters. The van der Waals surface area contributed by atoms with E-state index >= 15 is 0 Å². The van der Waals surface area contributed by atoms with Gasteiger partial charge in [0.15, 0.2) is 0 Å². The largest absolute Gasteiger partial charge is 0.573 e. The zero-order valence-corrected chi connectivity index (χ0v) is 16.9. The Morgan fingerprint density at radius 3 is 2.12 bits per heavy atom. The molecule has 1 aromatic carbocycles. The third-order valence-electron chi connectivity index (χ3n) is 6.61. The first-order valence-electron chi connectivity index (χ1n) is 10.3. The number of hydrogen-bond donors (Lipinski definition) is 0. The second kappa shape index (κ2) is 8.81. The van der Waals surface area contributed by atoms with Crippen molar-refractivity contribution in [3.8, 4) is 5.75 Å². The molecule has 0 spiro atoms. The van der Waals surface area contributed by atoms with Crippen molar-refractivity contribution in [3.05, 3.63) is 29.8 Å². The summed E-state index contributed by atoms with van der Waals surface area (Å²) in [4.78, 5) is 0. The molecule has 1 saturated carbocycles. The third-order valence-corrected chi connectivity index (χ3v) is 10.8. The molecule has 2 fully saturated rings. The molecule has 1 aromatic rings. The fourth-order valence-corrected chi connectivity index (χ4v) is 9.44. The number of halogens is 3. The van der Waals surface area contributed by atoms with E-state index in [1.54, 1.807) is 0 Å². The van der Waals surface area contributed by atoms with Crippen molar-refractivity contribution < 1.29 is 17.9 Å². The molecule has 1 nitrogen and oxygen atoms in total. The second-order valence-corrected chi connectivity index (χ2v) is 11.9. The average Bonchev–Trinajstić information content (AvgIpc) is 2.62. The third kappa shape index (κ3) is 5.51. The number of benzene rings is 1. The first-order chi connectivity index (χ1) is 12.4. The van der Waals surface area contributed by atoms with Gasteiger partial charge in [0.25, 0.3) is 0 Å². The smallest absolute Gasteiger partial charge is 0.406 e. The number of alkyl halides is 3. The number of hydrogen-bond acceptors (Lipinski definition) is 1. The molecule has 1 heterocycles. The van der Waals surface area contributed by atoms with E-state index in [0.29, 0.717) is 5.92 Å². The maximum atomic E-state index is 12.3. The lowest BCUT2D eigenvalue weighted by Gasteiger charge is -2.37. The van der Waals surface area contributed by atoms with Gasteiger partial charge < -0.3 is 4.74 Å². The molecule has 2 aliphatic rings. The van der Waals surface area contributed by atoms with E-state index in [9.17, 15) is 13.2 Å². The molecule has 26 heavy (non-hydrogen) atoms. The predicted molar refractivity (Wildman–Crippen MR) is 102 cm³/mol. The standard InChI is InChI=1S/C21H31F3OSi/c1-2-3-16-4-10-20(11-5-16)26-14-12-18(13-15-26)17-6-8-19(9-7-17)25-21(22,23)24/h6-9,16,18,20,26H,2-5,10-15H2,1H3/t16-,18-,20-,26-. The van der Waals surface area contributed by atoms with Gasteiger partial charge in [0.05, 0.1) is 0 Å². The average molecular weight is 385 g/mol. The van der Waals surface area contributed by atoms with E-state index < -0.39 is 15.2 Å². The highest BCUT2D eigenvalue weighted by Crippen LogP contribution is 2.44. The highest BCUT2D eigenvalue weighted by molar-refractivity contribution is 6.60. The van der Waals surface area contributed by atoms with Crippen LogP contribution in [0, 0.1) is 5.92 Å². The van der Waals surface area contributed by atoms with Crippen LogP contribution >= 0.6 is 0 Å². The summed E-state index contributed by atoms with van der Waals surface area (Å²) in [5.41, 5.74) is 2.23. The topological polar surface area (TPSA) is 9.23 Å². The molecule has 0 unspecified atom stereocenters. The Bertz CT molecular complexity index is 541. The minimum absolute atomic E-state index is 0.117. The van der Waals surface area contributed by atoms with Crippen molar-refractivity contribution in [2.45, 2.75) is 88.2 Å². The van der Waals surface area contributed by atoms with E-state index in [-0.39, 0.29) is 5.75 Å². The van der Waals surface area contributed by atoms with Crippen LogP contribution < -0.4 is 4.74 Å². The molecule has 1 aliphatic carbocycles. The molecule has 3 rings (SSSR count). The summed E-state index contributed by atoms with van der Waals surface area (Å²) in [6, 6.07) is 9.39. The van der Waals surface area contributed by atoms with E-state index in [0.717, 1.165) is 11.5 Å². The minimum Gasteiger partial charge on any atom is -0.406 e. The lowest BCUT2D eigenvalue weighted by atomic mass is 9.86. The van der Waals surface area contributed by atoms with Gasteiger partial charge in [0, 0.05) is 8.80 Å². The first kappa shape index (κ1) is 19.8. The zero-order chi connectivity index (χ0) is 18.6. The van der Waals surface area contributed by atoms with E-state index in [2.05, 4.69) is 11.7 Å². The number of rotatable bonds is 5. The van der Waals surface area contributed by atoms with Crippen LogP contribution in [0.2, 0.25) is 17.6 Å². The Kier molecular flexibility index (Phi) is 6.70. The van der Waals surface area contributed by atoms with E-state index in [1.807, 2.05) is 12.1 Å². The Morgan fingerprint density at radius 2 is 1.58 bits per heavy atom. The van der Waals surface area contributed by atoms with Crippen LogP contribution in [0.15, 0.2) is 24.3 Å². The van der Waals surface area contributed by atoms with Crippen LogP contribution in [0.1, 0.15) is 69.8 Å². The van der Waals surface area contributed by atoms with Gasteiger partial charge in [0.1, 0.15) is 5.75 Å². The molecule has 0 aromatic heterocycles. The highest BCUT2D eigenvalue weighted by Gasteiger charge is 2.33. The molecule has 146 valence electrons. The van der Waals surface area contributed by atoms with Crippen LogP contribution in [0.25, 0.3) is 0 Å². The zero-order valence-electron chi connectivity index (χ0n) is 15.7. The van der Waals surface area contributed by atoms with E-state index in [1.165, 1.54) is 81.2 Å². The second-order valence-electron chi connectivity index (χ2n) is 8.30. The van der Waals surface area contributed by atoms with Gasteiger partial charge in [-0.3, -0.25) is 0 Å². The van der Waals surface area contributed by atoms with Gasteiger partial charge in [-0.1, -0.05) is 69.7 Å². The lowest BCUT2D eigenvalue weighted by molar-refractivity contribution is -0.274. The molecule has 0 bridgehead atoms. The van der Waals surface area contributed by atoms with Crippen molar-refractivity contribution in [1.82, 2.24) is 0 Å². The van der Waals surface area contributed by atoms with Crippen LogP contribution in [0.3, 0.4) is 0 Å². The molecular formula is C21H31F3OSi. The summed E-state index contributed by atoms with van der Waals surface area (Å²) >= 11 is 0. The summed E-state index contributed by atoms with van der Waals surface area (Å²) in [6.45, 7) is 2.30. The summed E-state index contributed by atoms with van der Waals surface area (Å²) in [5.74, 6) is 1.39. The monoisotopic (exact) mass is 384 g/mol. The van der Waals surface area contributed by atoms with Gasteiger partial charge >= 0.3 is 6.36 Å². The quantitative estimate of drug-likeness (QED) is 0.494. The predicted octanol–water partition coefficient (Wildman–Crippen LogP) is 7.05. The summed E-state index contributed by atoms with van der Waals surface area (Å²) < 4.78 is 40.8. The van der Waals surface area contributed by atoms with Gasteiger partial charge in [0.2, 0.25) is 0 Å². The molecule has 0 amide bonds. The Hall–Kier alpha value is -0.973. The van der Waals surface area contributed by atoms with Crippen molar-refractivity contribution in [3.63, 3.8) is 0 Å². The normalized spacial score (nSPS) is 30.2. The maximum absolute atomic E-state index is 12.3. The minimum atomic E-state index is -4.61. The molecule has 1 saturated heterocycles. The van der Waals surface area contributed by atoms with Crippen molar-refractivity contribution in [2.75, 3.05) is 0 Å². The summed E-state index contributed by atoms with van der Waals surface area (Å²) in [7, 11) is -0.629. The van der Waals surface area contributed by atoms with Crippen molar-refractivity contribution in [2.24, 2.45) is 5.92 Å².